The molecule has 2 bridgehead atoms. The molecule has 3 rings (SSSR count). The van der Waals surface area contributed by atoms with E-state index in [2.05, 4.69) is 10.3 Å². The van der Waals surface area contributed by atoms with Crippen molar-refractivity contribution in [3.8, 4) is 5.75 Å². The molecule has 0 saturated heterocycles. The third-order valence-electron chi connectivity index (χ3n) is 4.40. The highest BCUT2D eigenvalue weighted by Gasteiger charge is 2.39. The number of carbonyl (C=O) groups is 1. The van der Waals surface area contributed by atoms with Gasteiger partial charge in [-0.3, -0.25) is 9.78 Å². The van der Waals surface area contributed by atoms with Gasteiger partial charge in [0, 0.05) is 12.7 Å². The van der Waals surface area contributed by atoms with Gasteiger partial charge in [0.15, 0.2) is 0 Å². The van der Waals surface area contributed by atoms with E-state index >= 15 is 0 Å². The van der Waals surface area contributed by atoms with Crippen molar-refractivity contribution in [2.24, 2.45) is 17.8 Å². The second-order valence-corrected chi connectivity index (χ2v) is 5.58. The van der Waals surface area contributed by atoms with Gasteiger partial charge in [0.25, 0.3) is 5.91 Å². The van der Waals surface area contributed by atoms with Crippen LogP contribution in [0.15, 0.2) is 18.5 Å². The van der Waals surface area contributed by atoms with E-state index in [0.717, 1.165) is 18.4 Å². The number of amides is 1. The number of aromatic hydroxyl groups is 1. The lowest BCUT2D eigenvalue weighted by Gasteiger charge is -2.21. The molecule has 0 aromatic carbocycles. The lowest BCUT2D eigenvalue weighted by molar-refractivity contribution is 0.0941. The summed E-state index contributed by atoms with van der Waals surface area (Å²) in [6.07, 6.45) is 8.14. The molecule has 4 heteroatoms. The van der Waals surface area contributed by atoms with E-state index in [1.54, 1.807) is 0 Å². The molecule has 1 heterocycles. The zero-order valence-electron chi connectivity index (χ0n) is 10.3. The lowest BCUT2D eigenvalue weighted by atomic mass is 9.89. The van der Waals surface area contributed by atoms with E-state index in [-0.39, 0.29) is 11.7 Å². The highest BCUT2D eigenvalue weighted by molar-refractivity contribution is 5.94. The maximum absolute atomic E-state index is 11.9. The number of carbonyl (C=O) groups excluding carboxylic acids is 1. The molecule has 3 unspecified atom stereocenters. The molecule has 2 aliphatic rings. The molecular formula is C14H18N2O2. The summed E-state index contributed by atoms with van der Waals surface area (Å²) >= 11 is 0. The van der Waals surface area contributed by atoms with Crippen LogP contribution in [-0.2, 0) is 0 Å². The molecule has 2 fully saturated rings. The number of fused-ring (bicyclic) bond motifs is 2. The molecule has 0 radical (unpaired) electrons. The standard InChI is InChI=1S/C14H18N2O2/c17-13-5-12(6-15-8-13)14(18)16-7-11-4-9-1-2-10(11)3-9/h5-6,8-11,17H,1-4,7H2,(H,16,18). The Morgan fingerprint density at radius 2 is 2.28 bits per heavy atom. The van der Waals surface area contributed by atoms with Crippen molar-refractivity contribution in [2.45, 2.75) is 25.7 Å². The number of pyridine rings is 1. The van der Waals surface area contributed by atoms with E-state index in [1.807, 2.05) is 0 Å². The van der Waals surface area contributed by atoms with Crippen molar-refractivity contribution >= 4 is 5.91 Å². The molecule has 2 aliphatic carbocycles. The van der Waals surface area contributed by atoms with Crippen molar-refractivity contribution in [1.82, 2.24) is 10.3 Å². The highest BCUT2D eigenvalue weighted by atomic mass is 16.3. The van der Waals surface area contributed by atoms with Crippen molar-refractivity contribution in [1.29, 1.82) is 0 Å². The first kappa shape index (κ1) is 11.5. The SMILES string of the molecule is O=C(NCC1CC2CCC1C2)c1cncc(O)c1. The quantitative estimate of drug-likeness (QED) is 0.857. The fourth-order valence-electron chi connectivity index (χ4n) is 3.50. The van der Waals surface area contributed by atoms with E-state index in [9.17, 15) is 9.90 Å². The largest absolute Gasteiger partial charge is 0.506 e. The minimum atomic E-state index is -0.138. The summed E-state index contributed by atoms with van der Waals surface area (Å²) in [6, 6.07) is 1.45. The smallest absolute Gasteiger partial charge is 0.252 e. The number of hydrogen-bond acceptors (Lipinski definition) is 3. The van der Waals surface area contributed by atoms with Crippen LogP contribution in [0.5, 0.6) is 5.75 Å². The Morgan fingerprint density at radius 3 is 2.94 bits per heavy atom. The van der Waals surface area contributed by atoms with Gasteiger partial charge in [-0.05, 0) is 43.1 Å². The second-order valence-electron chi connectivity index (χ2n) is 5.58. The van der Waals surface area contributed by atoms with Crippen LogP contribution < -0.4 is 5.32 Å². The van der Waals surface area contributed by atoms with E-state index in [0.29, 0.717) is 11.5 Å². The summed E-state index contributed by atoms with van der Waals surface area (Å²) < 4.78 is 0. The van der Waals surface area contributed by atoms with Crippen LogP contribution in [0.3, 0.4) is 0 Å². The predicted octanol–water partition coefficient (Wildman–Crippen LogP) is 1.95. The van der Waals surface area contributed by atoms with Crippen LogP contribution in [-0.4, -0.2) is 22.5 Å². The highest BCUT2D eigenvalue weighted by Crippen LogP contribution is 2.47. The van der Waals surface area contributed by atoms with Crippen molar-refractivity contribution in [3.05, 3.63) is 24.0 Å². The third-order valence-corrected chi connectivity index (χ3v) is 4.40. The zero-order valence-corrected chi connectivity index (χ0v) is 10.3. The monoisotopic (exact) mass is 246 g/mol. The fourth-order valence-corrected chi connectivity index (χ4v) is 3.50. The van der Waals surface area contributed by atoms with Crippen LogP contribution in [0.2, 0.25) is 0 Å². The molecule has 1 amide bonds. The lowest BCUT2D eigenvalue weighted by Crippen LogP contribution is -2.31. The van der Waals surface area contributed by atoms with Gasteiger partial charge in [0.05, 0.1) is 11.8 Å². The molecule has 2 N–H and O–H groups in total. The summed E-state index contributed by atoms with van der Waals surface area (Å²) in [5.41, 5.74) is 0.429. The van der Waals surface area contributed by atoms with Gasteiger partial charge in [-0.25, -0.2) is 0 Å². The fraction of sp³-hybridized carbons (Fsp3) is 0.571. The van der Waals surface area contributed by atoms with Gasteiger partial charge in [-0.15, -0.1) is 0 Å². The Kier molecular flexibility index (Phi) is 2.94. The van der Waals surface area contributed by atoms with Crippen LogP contribution in [0, 0.1) is 17.8 Å². The van der Waals surface area contributed by atoms with Crippen molar-refractivity contribution < 1.29 is 9.90 Å². The van der Waals surface area contributed by atoms with Crippen molar-refractivity contribution in [2.75, 3.05) is 6.54 Å². The van der Waals surface area contributed by atoms with E-state index in [4.69, 9.17) is 0 Å². The molecule has 2 saturated carbocycles. The van der Waals surface area contributed by atoms with Gasteiger partial charge < -0.3 is 10.4 Å². The molecule has 18 heavy (non-hydrogen) atoms. The average Bonchev–Trinajstić information content (AvgIpc) is 2.98. The Labute approximate surface area is 106 Å². The maximum atomic E-state index is 11.9. The molecule has 1 aromatic rings. The number of rotatable bonds is 3. The van der Waals surface area contributed by atoms with Crippen LogP contribution >= 0.6 is 0 Å². The maximum Gasteiger partial charge on any atom is 0.252 e. The topological polar surface area (TPSA) is 62.2 Å². The molecule has 3 atom stereocenters. The summed E-state index contributed by atoms with van der Waals surface area (Å²) in [6.45, 7) is 0.760. The minimum absolute atomic E-state index is 0.0302. The van der Waals surface area contributed by atoms with E-state index < -0.39 is 0 Å². The summed E-state index contributed by atoms with van der Waals surface area (Å²) in [7, 11) is 0. The van der Waals surface area contributed by atoms with Crippen molar-refractivity contribution in [3.63, 3.8) is 0 Å². The van der Waals surface area contributed by atoms with Crippen LogP contribution in [0.25, 0.3) is 0 Å². The van der Waals surface area contributed by atoms with Gasteiger partial charge in [-0.1, -0.05) is 6.42 Å². The average molecular weight is 246 g/mol. The van der Waals surface area contributed by atoms with Gasteiger partial charge in [-0.2, -0.15) is 0 Å². The summed E-state index contributed by atoms with van der Waals surface area (Å²) in [5, 5.41) is 12.2. The Balaban J connectivity index is 1.56. The first-order valence-corrected chi connectivity index (χ1v) is 6.64. The Morgan fingerprint density at radius 1 is 1.39 bits per heavy atom. The van der Waals surface area contributed by atoms with Crippen LogP contribution in [0.4, 0.5) is 0 Å². The molecule has 0 aliphatic heterocycles. The first-order chi connectivity index (χ1) is 8.72. The zero-order chi connectivity index (χ0) is 12.5. The normalized spacial score (nSPS) is 29.4. The minimum Gasteiger partial charge on any atom is -0.506 e. The van der Waals surface area contributed by atoms with E-state index in [1.165, 1.54) is 44.1 Å². The number of aromatic nitrogens is 1. The number of hydrogen-bond donors (Lipinski definition) is 2. The molecule has 1 aromatic heterocycles. The summed E-state index contributed by atoms with van der Waals surface area (Å²) in [5.74, 6) is 2.26. The van der Waals surface area contributed by atoms with Gasteiger partial charge in [0.2, 0.25) is 0 Å². The second kappa shape index (κ2) is 4.59. The molecule has 96 valence electrons. The Bertz CT molecular complexity index is 461. The number of nitrogens with one attached hydrogen (secondary N) is 1. The predicted molar refractivity (Wildman–Crippen MR) is 67.2 cm³/mol. The van der Waals surface area contributed by atoms with Gasteiger partial charge >= 0.3 is 0 Å². The first-order valence-electron chi connectivity index (χ1n) is 6.64. The molecule has 4 nitrogen and oxygen atoms in total. The molecular weight excluding hydrogens is 228 g/mol. The number of nitrogens with zero attached hydrogens (tertiary/aromatic N) is 1. The Hall–Kier alpha value is -1.58. The summed E-state index contributed by atoms with van der Waals surface area (Å²) in [4.78, 5) is 15.7. The van der Waals surface area contributed by atoms with Gasteiger partial charge in [0.1, 0.15) is 5.75 Å². The third kappa shape index (κ3) is 2.19. The van der Waals surface area contributed by atoms with Crippen LogP contribution in [0.1, 0.15) is 36.0 Å². The molecule has 0 spiro atoms.